The molecule has 0 radical (unpaired) electrons. The number of hydrogen-bond donors (Lipinski definition) is 1. The van der Waals surface area contributed by atoms with Crippen molar-refractivity contribution in [1.29, 1.82) is 0 Å². The lowest BCUT2D eigenvalue weighted by Gasteiger charge is -2.17. The number of hydrogen-bond acceptors (Lipinski definition) is 3. The Kier molecular flexibility index (Phi) is 6.45. The van der Waals surface area contributed by atoms with Crippen molar-refractivity contribution < 1.29 is 0 Å². The summed E-state index contributed by atoms with van der Waals surface area (Å²) in [7, 11) is 0. The van der Waals surface area contributed by atoms with E-state index in [1.54, 1.807) is 11.3 Å². The van der Waals surface area contributed by atoms with Gasteiger partial charge in [-0.1, -0.05) is 19.1 Å². The molecule has 0 bridgehead atoms. The highest BCUT2D eigenvalue weighted by Crippen LogP contribution is 2.15. The first-order valence-electron chi connectivity index (χ1n) is 7.06. The molecule has 0 aliphatic rings. The van der Waals surface area contributed by atoms with Crippen LogP contribution in [-0.2, 0) is 12.8 Å². The van der Waals surface area contributed by atoms with Crippen LogP contribution in [0.4, 0.5) is 0 Å². The third-order valence-electron chi connectivity index (χ3n) is 3.17. The third-order valence-corrected chi connectivity index (χ3v) is 4.87. The smallest absolute Gasteiger partial charge is 0.0943 e. The normalized spacial score (nSPS) is 12.6. The molecule has 2 aromatic rings. The molecule has 108 valence electrons. The van der Waals surface area contributed by atoms with Crippen molar-refractivity contribution >= 4 is 33.9 Å². The second kappa shape index (κ2) is 8.10. The summed E-state index contributed by atoms with van der Waals surface area (Å²) in [6.07, 6.45) is 3.25. The molecule has 0 amide bonds. The Labute approximate surface area is 139 Å². The van der Waals surface area contributed by atoms with E-state index in [2.05, 4.69) is 76.4 Å². The van der Waals surface area contributed by atoms with Crippen molar-refractivity contribution in [1.82, 2.24) is 10.3 Å². The van der Waals surface area contributed by atoms with Gasteiger partial charge in [0, 0.05) is 27.1 Å². The average molecular weight is 400 g/mol. The zero-order valence-electron chi connectivity index (χ0n) is 12.0. The highest BCUT2D eigenvalue weighted by atomic mass is 127. The molecule has 2 nitrogen and oxygen atoms in total. The van der Waals surface area contributed by atoms with Crippen molar-refractivity contribution in [2.45, 2.75) is 39.2 Å². The van der Waals surface area contributed by atoms with Crippen molar-refractivity contribution in [3.8, 4) is 0 Å². The lowest BCUT2D eigenvalue weighted by Crippen LogP contribution is -2.33. The topological polar surface area (TPSA) is 24.9 Å². The molecule has 4 heteroatoms. The average Bonchev–Trinajstić information content (AvgIpc) is 2.84. The molecule has 0 fully saturated rings. The second-order valence-corrected chi connectivity index (χ2v) is 7.26. The fourth-order valence-electron chi connectivity index (χ4n) is 2.18. The minimum atomic E-state index is 0.473. The molecule has 0 saturated heterocycles. The maximum absolute atomic E-state index is 4.59. The number of benzene rings is 1. The summed E-state index contributed by atoms with van der Waals surface area (Å²) in [5.41, 5.74) is 2.53. The molecule has 0 saturated carbocycles. The Morgan fingerprint density at radius 3 is 2.60 bits per heavy atom. The van der Waals surface area contributed by atoms with Crippen LogP contribution in [0.1, 0.15) is 29.6 Å². The molecule has 1 atom stereocenters. The van der Waals surface area contributed by atoms with Crippen molar-refractivity contribution in [3.63, 3.8) is 0 Å². The number of halogens is 1. The van der Waals surface area contributed by atoms with Crippen molar-refractivity contribution in [3.05, 3.63) is 49.5 Å². The molecular weight excluding hydrogens is 379 g/mol. The molecule has 2 rings (SSSR count). The molecule has 20 heavy (non-hydrogen) atoms. The molecule has 0 spiro atoms. The Bertz CT molecular complexity index is 522. The first-order valence-corrected chi connectivity index (χ1v) is 9.02. The van der Waals surface area contributed by atoms with Gasteiger partial charge in [-0.2, -0.15) is 0 Å². The van der Waals surface area contributed by atoms with E-state index in [1.165, 1.54) is 20.6 Å². The summed E-state index contributed by atoms with van der Waals surface area (Å²) in [5, 5.41) is 7.03. The fourth-order valence-corrected chi connectivity index (χ4v) is 3.39. The minimum Gasteiger partial charge on any atom is -0.313 e. The van der Waals surface area contributed by atoms with E-state index >= 15 is 0 Å². The number of nitrogens with zero attached hydrogens (tertiary/aromatic N) is 1. The number of aryl methyl sites for hydroxylation is 1. The van der Waals surface area contributed by atoms with Gasteiger partial charge >= 0.3 is 0 Å². The van der Waals surface area contributed by atoms with Crippen LogP contribution >= 0.6 is 33.9 Å². The molecule has 0 aliphatic carbocycles. The van der Waals surface area contributed by atoms with E-state index in [1.807, 2.05) is 0 Å². The van der Waals surface area contributed by atoms with Crippen LogP contribution in [0.15, 0.2) is 29.6 Å². The maximum Gasteiger partial charge on any atom is 0.0943 e. The third kappa shape index (κ3) is 5.14. The highest BCUT2D eigenvalue weighted by molar-refractivity contribution is 14.1. The summed E-state index contributed by atoms with van der Waals surface area (Å²) in [6, 6.07) is 9.30. The Balaban J connectivity index is 2.00. The SMILES string of the molecule is CCCNC(Cc1ccc(I)cc1)Cc1nc(C)cs1. The van der Waals surface area contributed by atoms with Crippen molar-refractivity contribution in [2.75, 3.05) is 6.54 Å². The number of rotatable bonds is 7. The molecular formula is C16H21IN2S. The van der Waals surface area contributed by atoms with E-state index < -0.39 is 0 Å². The van der Waals surface area contributed by atoms with Gasteiger partial charge in [0.05, 0.1) is 5.01 Å². The second-order valence-electron chi connectivity index (χ2n) is 5.07. The standard InChI is InChI=1S/C16H21IN2S/c1-3-8-18-15(10-16-19-12(2)11-20-16)9-13-4-6-14(17)7-5-13/h4-7,11,15,18H,3,8-10H2,1-2H3. The number of thiazole rings is 1. The van der Waals surface area contributed by atoms with Gasteiger partial charge in [-0.3, -0.25) is 0 Å². The van der Waals surface area contributed by atoms with Crippen LogP contribution in [0.3, 0.4) is 0 Å². The molecule has 1 unspecified atom stereocenters. The molecule has 0 aliphatic heterocycles. The van der Waals surface area contributed by atoms with Crippen molar-refractivity contribution in [2.24, 2.45) is 0 Å². The van der Waals surface area contributed by atoms with E-state index in [4.69, 9.17) is 0 Å². The summed E-state index contributed by atoms with van der Waals surface area (Å²) in [4.78, 5) is 4.59. The van der Waals surface area contributed by atoms with Gasteiger partial charge in [-0.15, -0.1) is 11.3 Å². The maximum atomic E-state index is 4.59. The highest BCUT2D eigenvalue weighted by Gasteiger charge is 2.12. The minimum absolute atomic E-state index is 0.473. The van der Waals surface area contributed by atoms with Gasteiger partial charge in [0.15, 0.2) is 0 Å². The first-order chi connectivity index (χ1) is 9.67. The molecule has 1 N–H and O–H groups in total. The first kappa shape index (κ1) is 15.9. The summed E-state index contributed by atoms with van der Waals surface area (Å²) < 4.78 is 1.29. The number of nitrogens with one attached hydrogen (secondary N) is 1. The van der Waals surface area contributed by atoms with Crippen LogP contribution in [0.5, 0.6) is 0 Å². The molecule has 1 aromatic heterocycles. The van der Waals surface area contributed by atoms with Gasteiger partial charge < -0.3 is 5.32 Å². The van der Waals surface area contributed by atoms with E-state index in [0.29, 0.717) is 6.04 Å². The quantitative estimate of drug-likeness (QED) is 0.705. The lowest BCUT2D eigenvalue weighted by atomic mass is 10.0. The summed E-state index contributed by atoms with van der Waals surface area (Å²) in [6.45, 7) is 5.34. The largest absolute Gasteiger partial charge is 0.313 e. The Hall–Kier alpha value is -0.460. The summed E-state index contributed by atoms with van der Waals surface area (Å²) >= 11 is 4.12. The van der Waals surface area contributed by atoms with E-state index in [0.717, 1.165) is 25.1 Å². The molecule has 1 heterocycles. The predicted octanol–water partition coefficient (Wildman–Crippen LogP) is 4.21. The van der Waals surface area contributed by atoms with Gasteiger partial charge in [0.25, 0.3) is 0 Å². The van der Waals surface area contributed by atoms with E-state index in [-0.39, 0.29) is 0 Å². The van der Waals surface area contributed by atoms with Gasteiger partial charge in [-0.05, 0) is 66.6 Å². The zero-order chi connectivity index (χ0) is 14.4. The molecule has 1 aromatic carbocycles. The Morgan fingerprint density at radius 2 is 2.00 bits per heavy atom. The van der Waals surface area contributed by atoms with Crippen LogP contribution in [0.2, 0.25) is 0 Å². The summed E-state index contributed by atoms with van der Waals surface area (Å²) in [5.74, 6) is 0. The van der Waals surface area contributed by atoms with Gasteiger partial charge in [-0.25, -0.2) is 4.98 Å². The van der Waals surface area contributed by atoms with Crippen LogP contribution < -0.4 is 5.32 Å². The zero-order valence-corrected chi connectivity index (χ0v) is 15.0. The number of aromatic nitrogens is 1. The van der Waals surface area contributed by atoms with Gasteiger partial charge in [0.1, 0.15) is 0 Å². The van der Waals surface area contributed by atoms with Gasteiger partial charge in [0.2, 0.25) is 0 Å². The Morgan fingerprint density at radius 1 is 1.25 bits per heavy atom. The van der Waals surface area contributed by atoms with E-state index in [9.17, 15) is 0 Å². The fraction of sp³-hybridized carbons (Fsp3) is 0.438. The lowest BCUT2D eigenvalue weighted by molar-refractivity contribution is 0.503. The monoisotopic (exact) mass is 400 g/mol. The predicted molar refractivity (Wildman–Crippen MR) is 95.5 cm³/mol. The van der Waals surface area contributed by atoms with Crippen LogP contribution in [0.25, 0.3) is 0 Å². The van der Waals surface area contributed by atoms with Crippen LogP contribution in [-0.4, -0.2) is 17.6 Å². The van der Waals surface area contributed by atoms with Crippen LogP contribution in [0, 0.1) is 10.5 Å².